The Labute approximate surface area is 92.8 Å². The highest BCUT2D eigenvalue weighted by molar-refractivity contribution is 7.08. The van der Waals surface area contributed by atoms with Gasteiger partial charge in [-0.2, -0.15) is 0 Å². The summed E-state index contributed by atoms with van der Waals surface area (Å²) in [5.74, 6) is 0.747. The van der Waals surface area contributed by atoms with Crippen LogP contribution in [0.3, 0.4) is 0 Å². The average molecular weight is 220 g/mol. The van der Waals surface area contributed by atoms with Crippen LogP contribution in [0.2, 0.25) is 0 Å². The first-order valence-corrected chi connectivity index (χ1v) is 5.60. The maximum Gasteiger partial charge on any atom is 0.135 e. The number of benzene rings is 1. The predicted octanol–water partition coefficient (Wildman–Crippen LogP) is 2.84. The summed E-state index contributed by atoms with van der Waals surface area (Å²) in [5.41, 5.74) is 1.71. The van der Waals surface area contributed by atoms with Crippen molar-refractivity contribution >= 4 is 11.3 Å². The molecule has 1 heterocycles. The molecule has 0 saturated carbocycles. The highest BCUT2D eigenvalue weighted by Crippen LogP contribution is 2.32. The molecule has 0 aliphatic carbocycles. The van der Waals surface area contributed by atoms with E-state index in [0.717, 1.165) is 16.9 Å². The fraction of sp³-hybridized carbons (Fsp3) is 0.167. The number of hydrogen-bond acceptors (Lipinski definition) is 3. The normalized spacial score (nSPS) is 12.4. The van der Waals surface area contributed by atoms with Gasteiger partial charge < -0.3 is 9.84 Å². The zero-order valence-electron chi connectivity index (χ0n) is 8.38. The molecule has 0 aliphatic heterocycles. The van der Waals surface area contributed by atoms with Crippen LogP contribution in [0.25, 0.3) is 0 Å². The van der Waals surface area contributed by atoms with Gasteiger partial charge in [0.25, 0.3) is 0 Å². The number of hydrogen-bond donors (Lipinski definition) is 1. The minimum absolute atomic E-state index is 0.604. The minimum atomic E-state index is -0.604. The summed E-state index contributed by atoms with van der Waals surface area (Å²) in [6.07, 6.45) is -0.604. The van der Waals surface area contributed by atoms with Crippen LogP contribution >= 0.6 is 11.3 Å². The lowest BCUT2D eigenvalue weighted by Crippen LogP contribution is -1.99. The van der Waals surface area contributed by atoms with E-state index in [0.29, 0.717) is 0 Å². The molecule has 0 spiro atoms. The van der Waals surface area contributed by atoms with E-state index in [1.54, 1.807) is 7.11 Å². The molecule has 2 rings (SSSR count). The number of aliphatic hydroxyl groups excluding tert-OH is 1. The maximum atomic E-state index is 10.1. The van der Waals surface area contributed by atoms with Gasteiger partial charge >= 0.3 is 0 Å². The quantitative estimate of drug-likeness (QED) is 0.861. The lowest BCUT2D eigenvalue weighted by Gasteiger charge is -2.11. The Bertz CT molecular complexity index is 422. The zero-order valence-corrected chi connectivity index (χ0v) is 9.20. The Morgan fingerprint density at radius 3 is 2.60 bits per heavy atom. The lowest BCUT2D eigenvalue weighted by atomic mass is 10.0. The Hall–Kier alpha value is -1.32. The first-order valence-electron chi connectivity index (χ1n) is 4.66. The van der Waals surface area contributed by atoms with Crippen molar-refractivity contribution in [3.05, 3.63) is 52.2 Å². The summed E-state index contributed by atoms with van der Waals surface area (Å²) in [5, 5.41) is 13.9. The van der Waals surface area contributed by atoms with Crippen molar-refractivity contribution < 1.29 is 9.84 Å². The molecule has 15 heavy (non-hydrogen) atoms. The molecule has 1 aromatic carbocycles. The van der Waals surface area contributed by atoms with Gasteiger partial charge in [-0.3, -0.25) is 0 Å². The van der Waals surface area contributed by atoms with Gasteiger partial charge in [0, 0.05) is 16.3 Å². The van der Waals surface area contributed by atoms with Gasteiger partial charge in [-0.1, -0.05) is 30.3 Å². The summed E-state index contributed by atoms with van der Waals surface area (Å²) in [6, 6.07) is 9.57. The number of rotatable bonds is 3. The van der Waals surface area contributed by atoms with Crippen LogP contribution < -0.4 is 4.74 Å². The number of aliphatic hydroxyl groups is 1. The van der Waals surface area contributed by atoms with Crippen LogP contribution in [0.15, 0.2) is 41.1 Å². The number of methoxy groups -OCH3 is 1. The molecule has 1 unspecified atom stereocenters. The molecule has 0 fully saturated rings. The monoisotopic (exact) mass is 220 g/mol. The van der Waals surface area contributed by atoms with Gasteiger partial charge in [0.1, 0.15) is 11.9 Å². The van der Waals surface area contributed by atoms with Gasteiger partial charge in [-0.15, -0.1) is 11.3 Å². The third-order valence-electron chi connectivity index (χ3n) is 2.28. The standard InChI is InChI=1S/C12H12O2S/c1-14-11-8-15-7-10(11)12(13)9-5-3-2-4-6-9/h2-8,12-13H,1H3. The third-order valence-corrected chi connectivity index (χ3v) is 3.02. The summed E-state index contributed by atoms with van der Waals surface area (Å²) < 4.78 is 5.18. The molecule has 1 N–H and O–H groups in total. The first-order chi connectivity index (χ1) is 7.33. The van der Waals surface area contributed by atoms with E-state index in [-0.39, 0.29) is 0 Å². The first kappa shape index (κ1) is 10.2. The van der Waals surface area contributed by atoms with Crippen LogP contribution in [0.4, 0.5) is 0 Å². The van der Waals surface area contributed by atoms with Gasteiger partial charge in [0.2, 0.25) is 0 Å². The summed E-state index contributed by atoms with van der Waals surface area (Å²) >= 11 is 1.53. The van der Waals surface area contributed by atoms with Crippen molar-refractivity contribution in [2.45, 2.75) is 6.10 Å². The highest BCUT2D eigenvalue weighted by Gasteiger charge is 2.15. The smallest absolute Gasteiger partial charge is 0.135 e. The Balaban J connectivity index is 2.32. The molecule has 1 aromatic heterocycles. The van der Waals surface area contributed by atoms with Crippen molar-refractivity contribution in [1.29, 1.82) is 0 Å². The summed E-state index contributed by atoms with van der Waals surface area (Å²) in [4.78, 5) is 0. The molecule has 0 amide bonds. The number of ether oxygens (including phenoxy) is 1. The van der Waals surface area contributed by atoms with Crippen LogP contribution in [-0.2, 0) is 0 Å². The van der Waals surface area contributed by atoms with E-state index in [2.05, 4.69) is 0 Å². The van der Waals surface area contributed by atoms with Gasteiger partial charge in [0.15, 0.2) is 0 Å². The van der Waals surface area contributed by atoms with E-state index >= 15 is 0 Å². The molecule has 0 radical (unpaired) electrons. The molecular formula is C12H12O2S. The van der Waals surface area contributed by atoms with E-state index < -0.39 is 6.10 Å². The second kappa shape index (κ2) is 4.47. The van der Waals surface area contributed by atoms with Gasteiger partial charge in [0.05, 0.1) is 7.11 Å². The van der Waals surface area contributed by atoms with Crippen LogP contribution in [0.1, 0.15) is 17.2 Å². The Morgan fingerprint density at radius 1 is 1.20 bits per heavy atom. The maximum absolute atomic E-state index is 10.1. The van der Waals surface area contributed by atoms with Gasteiger partial charge in [-0.05, 0) is 5.56 Å². The second-order valence-electron chi connectivity index (χ2n) is 3.21. The van der Waals surface area contributed by atoms with Crippen molar-refractivity contribution in [1.82, 2.24) is 0 Å². The van der Waals surface area contributed by atoms with E-state index in [4.69, 9.17) is 4.74 Å². The van der Waals surface area contributed by atoms with Crippen molar-refractivity contribution in [2.75, 3.05) is 7.11 Å². The Kier molecular flexibility index (Phi) is 3.04. The van der Waals surface area contributed by atoms with E-state index in [1.807, 2.05) is 41.1 Å². The third kappa shape index (κ3) is 2.03. The number of thiophene rings is 1. The summed E-state index contributed by atoms with van der Waals surface area (Å²) in [6.45, 7) is 0. The zero-order chi connectivity index (χ0) is 10.7. The molecule has 0 saturated heterocycles. The Morgan fingerprint density at radius 2 is 1.93 bits per heavy atom. The fourth-order valence-electron chi connectivity index (χ4n) is 1.48. The molecule has 1 atom stereocenters. The molecule has 78 valence electrons. The minimum Gasteiger partial charge on any atom is -0.495 e. The van der Waals surface area contributed by atoms with Crippen LogP contribution in [-0.4, -0.2) is 12.2 Å². The van der Waals surface area contributed by atoms with E-state index in [9.17, 15) is 5.11 Å². The van der Waals surface area contributed by atoms with Crippen molar-refractivity contribution in [3.63, 3.8) is 0 Å². The van der Waals surface area contributed by atoms with Crippen molar-refractivity contribution in [3.8, 4) is 5.75 Å². The van der Waals surface area contributed by atoms with Crippen LogP contribution in [0, 0.1) is 0 Å². The molecule has 2 nitrogen and oxygen atoms in total. The van der Waals surface area contributed by atoms with Crippen LogP contribution in [0.5, 0.6) is 5.75 Å². The molecule has 2 aromatic rings. The lowest BCUT2D eigenvalue weighted by molar-refractivity contribution is 0.215. The van der Waals surface area contributed by atoms with Crippen molar-refractivity contribution in [2.24, 2.45) is 0 Å². The molecular weight excluding hydrogens is 208 g/mol. The average Bonchev–Trinajstić information content (AvgIpc) is 2.77. The summed E-state index contributed by atoms with van der Waals surface area (Å²) in [7, 11) is 1.61. The topological polar surface area (TPSA) is 29.5 Å². The fourth-order valence-corrected chi connectivity index (χ4v) is 2.29. The second-order valence-corrected chi connectivity index (χ2v) is 3.95. The molecule has 3 heteroatoms. The van der Waals surface area contributed by atoms with Gasteiger partial charge in [-0.25, -0.2) is 0 Å². The highest BCUT2D eigenvalue weighted by atomic mass is 32.1. The molecule has 0 aliphatic rings. The predicted molar refractivity (Wildman–Crippen MR) is 61.4 cm³/mol. The largest absolute Gasteiger partial charge is 0.495 e. The molecule has 0 bridgehead atoms. The SMILES string of the molecule is COc1cscc1C(O)c1ccccc1. The van der Waals surface area contributed by atoms with E-state index in [1.165, 1.54) is 11.3 Å².